The van der Waals surface area contributed by atoms with Crippen molar-refractivity contribution in [3.63, 3.8) is 0 Å². The Morgan fingerprint density at radius 2 is 1.82 bits per heavy atom. The van der Waals surface area contributed by atoms with Gasteiger partial charge in [0, 0.05) is 22.8 Å². The molecule has 22 heavy (non-hydrogen) atoms. The van der Waals surface area contributed by atoms with Crippen molar-refractivity contribution in [3.05, 3.63) is 63.9 Å². The van der Waals surface area contributed by atoms with Crippen molar-refractivity contribution >= 4 is 35.1 Å². The zero-order valence-corrected chi connectivity index (χ0v) is 12.9. The third-order valence-electron chi connectivity index (χ3n) is 2.67. The van der Waals surface area contributed by atoms with E-state index < -0.39 is 11.9 Å². The number of pyridine rings is 1. The van der Waals surface area contributed by atoms with Crippen molar-refractivity contribution in [2.24, 2.45) is 0 Å². The molecule has 0 aliphatic rings. The number of esters is 1. The average Bonchev–Trinajstić information content (AvgIpc) is 2.52. The number of carbonyl (C=O) groups excluding carboxylic acids is 2. The maximum atomic E-state index is 11.7. The van der Waals surface area contributed by atoms with Gasteiger partial charge in [0.2, 0.25) is 0 Å². The predicted molar refractivity (Wildman–Crippen MR) is 82.8 cm³/mol. The fourth-order valence-corrected chi connectivity index (χ4v) is 1.86. The zero-order valence-electron chi connectivity index (χ0n) is 11.4. The molecule has 114 valence electrons. The largest absolute Gasteiger partial charge is 0.451 e. The molecule has 1 aromatic carbocycles. The molecule has 0 atom stereocenters. The van der Waals surface area contributed by atoms with Crippen LogP contribution in [0.3, 0.4) is 0 Å². The van der Waals surface area contributed by atoms with E-state index in [0.29, 0.717) is 16.6 Å². The van der Waals surface area contributed by atoms with Crippen LogP contribution in [0.4, 0.5) is 0 Å². The summed E-state index contributed by atoms with van der Waals surface area (Å²) in [7, 11) is 0. The summed E-state index contributed by atoms with van der Waals surface area (Å²) < 4.78 is 4.86. The van der Waals surface area contributed by atoms with Crippen LogP contribution in [-0.2, 0) is 16.1 Å². The highest BCUT2D eigenvalue weighted by Crippen LogP contribution is 2.10. The Labute approximate surface area is 137 Å². The molecule has 0 saturated carbocycles. The lowest BCUT2D eigenvalue weighted by molar-refractivity contribution is -0.124. The van der Waals surface area contributed by atoms with Crippen molar-refractivity contribution in [2.75, 3.05) is 6.61 Å². The van der Waals surface area contributed by atoms with Crippen LogP contribution in [0.15, 0.2) is 42.6 Å². The molecule has 1 heterocycles. The molecule has 0 unspecified atom stereocenters. The van der Waals surface area contributed by atoms with Gasteiger partial charge in [0.15, 0.2) is 6.61 Å². The minimum absolute atomic E-state index is 0.0537. The monoisotopic (exact) mass is 338 g/mol. The third kappa shape index (κ3) is 5.02. The highest BCUT2D eigenvalue weighted by Gasteiger charge is 2.11. The minimum atomic E-state index is -0.704. The van der Waals surface area contributed by atoms with Crippen LogP contribution < -0.4 is 5.32 Å². The van der Waals surface area contributed by atoms with Crippen molar-refractivity contribution < 1.29 is 14.3 Å². The summed E-state index contributed by atoms with van der Waals surface area (Å²) in [6.07, 6.45) is 1.39. The van der Waals surface area contributed by atoms with E-state index in [1.54, 1.807) is 24.3 Å². The van der Waals surface area contributed by atoms with E-state index >= 15 is 0 Å². The number of hydrogen-bond acceptors (Lipinski definition) is 4. The molecular formula is C15H12Cl2N2O3. The Balaban J connectivity index is 1.78. The van der Waals surface area contributed by atoms with Crippen LogP contribution in [0.5, 0.6) is 0 Å². The lowest BCUT2D eigenvalue weighted by Crippen LogP contribution is -2.28. The standard InChI is InChI=1S/C15H12Cl2N2O3/c16-11-3-1-10(2-4-11)8-19-14(20)9-22-15(21)13-7-12(17)5-6-18-13/h1-7H,8-9H2,(H,19,20). The van der Waals surface area contributed by atoms with Gasteiger partial charge in [0.25, 0.3) is 5.91 Å². The van der Waals surface area contributed by atoms with Crippen molar-refractivity contribution in [3.8, 4) is 0 Å². The van der Waals surface area contributed by atoms with E-state index in [4.69, 9.17) is 27.9 Å². The fraction of sp³-hybridized carbons (Fsp3) is 0.133. The van der Waals surface area contributed by atoms with Crippen LogP contribution in [0.2, 0.25) is 10.0 Å². The summed E-state index contributed by atoms with van der Waals surface area (Å²) >= 11 is 11.5. The fourth-order valence-electron chi connectivity index (χ4n) is 1.58. The topological polar surface area (TPSA) is 68.3 Å². The SMILES string of the molecule is O=C(COC(=O)c1cc(Cl)ccn1)NCc1ccc(Cl)cc1. The van der Waals surface area contributed by atoms with Crippen molar-refractivity contribution in [1.29, 1.82) is 0 Å². The molecule has 0 bridgehead atoms. The normalized spacial score (nSPS) is 10.1. The Kier molecular flexibility index (Phi) is 5.75. The van der Waals surface area contributed by atoms with Gasteiger partial charge in [-0.1, -0.05) is 35.3 Å². The molecule has 7 heteroatoms. The van der Waals surface area contributed by atoms with E-state index in [9.17, 15) is 9.59 Å². The highest BCUT2D eigenvalue weighted by molar-refractivity contribution is 6.31. The molecule has 2 rings (SSSR count). The smallest absolute Gasteiger partial charge is 0.357 e. The first-order valence-corrected chi connectivity index (χ1v) is 7.10. The van der Waals surface area contributed by atoms with Gasteiger partial charge in [0.05, 0.1) is 0 Å². The first-order chi connectivity index (χ1) is 10.5. The van der Waals surface area contributed by atoms with Crippen molar-refractivity contribution in [1.82, 2.24) is 10.3 Å². The number of rotatable bonds is 5. The van der Waals surface area contributed by atoms with Gasteiger partial charge in [-0.3, -0.25) is 4.79 Å². The van der Waals surface area contributed by atoms with Gasteiger partial charge >= 0.3 is 5.97 Å². The molecule has 0 aliphatic heterocycles. The first-order valence-electron chi connectivity index (χ1n) is 6.34. The molecule has 1 aromatic heterocycles. The Bertz CT molecular complexity index is 675. The van der Waals surface area contributed by atoms with Crippen LogP contribution in [0.1, 0.15) is 16.1 Å². The van der Waals surface area contributed by atoms with Crippen LogP contribution in [0, 0.1) is 0 Å². The molecule has 2 aromatic rings. The number of hydrogen-bond donors (Lipinski definition) is 1. The average molecular weight is 339 g/mol. The van der Waals surface area contributed by atoms with Gasteiger partial charge in [-0.2, -0.15) is 0 Å². The van der Waals surface area contributed by atoms with E-state index in [-0.39, 0.29) is 12.3 Å². The van der Waals surface area contributed by atoms with Gasteiger partial charge in [0.1, 0.15) is 5.69 Å². The number of aromatic nitrogens is 1. The first kappa shape index (κ1) is 16.3. The lowest BCUT2D eigenvalue weighted by atomic mass is 10.2. The molecule has 0 aliphatic carbocycles. The molecule has 0 fully saturated rings. The van der Waals surface area contributed by atoms with E-state index in [1.807, 2.05) is 0 Å². The molecule has 0 radical (unpaired) electrons. The number of ether oxygens (including phenoxy) is 1. The van der Waals surface area contributed by atoms with Crippen LogP contribution >= 0.6 is 23.2 Å². The molecule has 0 spiro atoms. The third-order valence-corrected chi connectivity index (χ3v) is 3.16. The maximum absolute atomic E-state index is 11.7. The summed E-state index contributed by atoms with van der Waals surface area (Å²) in [6.45, 7) is -0.0659. The highest BCUT2D eigenvalue weighted by atomic mass is 35.5. The number of halogens is 2. The number of benzene rings is 1. The molecule has 0 saturated heterocycles. The number of carbonyl (C=O) groups is 2. The molecule has 5 nitrogen and oxygen atoms in total. The van der Waals surface area contributed by atoms with Gasteiger partial charge in [-0.05, 0) is 29.8 Å². The summed E-state index contributed by atoms with van der Waals surface area (Å²) in [5.41, 5.74) is 0.943. The van der Waals surface area contributed by atoms with Gasteiger partial charge < -0.3 is 10.1 Å². The van der Waals surface area contributed by atoms with E-state index in [1.165, 1.54) is 18.3 Å². The van der Waals surface area contributed by atoms with Crippen LogP contribution in [-0.4, -0.2) is 23.5 Å². The van der Waals surface area contributed by atoms with Gasteiger partial charge in [-0.15, -0.1) is 0 Å². The second kappa shape index (κ2) is 7.77. The van der Waals surface area contributed by atoms with Crippen LogP contribution in [0.25, 0.3) is 0 Å². The minimum Gasteiger partial charge on any atom is -0.451 e. The second-order valence-corrected chi connectivity index (χ2v) is 5.21. The summed E-state index contributed by atoms with van der Waals surface area (Å²) in [5, 5.41) is 3.62. The number of nitrogens with one attached hydrogen (secondary N) is 1. The second-order valence-electron chi connectivity index (χ2n) is 4.34. The number of amides is 1. The lowest BCUT2D eigenvalue weighted by Gasteiger charge is -2.06. The molecule has 1 amide bonds. The molecular weight excluding hydrogens is 327 g/mol. The summed E-state index contributed by atoms with van der Waals surface area (Å²) in [4.78, 5) is 27.1. The number of nitrogens with zero attached hydrogens (tertiary/aromatic N) is 1. The quantitative estimate of drug-likeness (QED) is 0.851. The Hall–Kier alpha value is -2.11. The van der Waals surface area contributed by atoms with E-state index in [0.717, 1.165) is 5.56 Å². The molecule has 1 N–H and O–H groups in total. The van der Waals surface area contributed by atoms with Gasteiger partial charge in [-0.25, -0.2) is 9.78 Å². The summed E-state index contributed by atoms with van der Waals surface area (Å²) in [6, 6.07) is 9.96. The maximum Gasteiger partial charge on any atom is 0.357 e. The predicted octanol–water partition coefficient (Wildman–Crippen LogP) is 2.86. The van der Waals surface area contributed by atoms with E-state index in [2.05, 4.69) is 10.3 Å². The summed E-state index contributed by atoms with van der Waals surface area (Å²) in [5.74, 6) is -1.12. The van der Waals surface area contributed by atoms with Crippen molar-refractivity contribution in [2.45, 2.75) is 6.54 Å². The zero-order chi connectivity index (χ0) is 15.9. The Morgan fingerprint density at radius 3 is 2.50 bits per heavy atom. The Morgan fingerprint density at radius 1 is 1.09 bits per heavy atom.